The number of benzene rings is 4. The molecule has 0 radical (unpaired) electrons. The lowest BCUT2D eigenvalue weighted by Crippen LogP contribution is -1.93. The average molecular weight is 369 g/mol. The molecule has 0 aliphatic rings. The van der Waals surface area contributed by atoms with Crippen LogP contribution in [0.15, 0.2) is 66.7 Å². The predicted molar refractivity (Wildman–Crippen MR) is 121 cm³/mol. The van der Waals surface area contributed by atoms with Gasteiger partial charge >= 0.3 is 0 Å². The summed E-state index contributed by atoms with van der Waals surface area (Å²) < 4.78 is 6.60. The first-order valence-corrected chi connectivity index (χ1v) is 10.4. The minimum atomic E-state index is 0.939. The van der Waals surface area contributed by atoms with E-state index in [0.717, 1.165) is 17.9 Å². The molecular weight excluding hydrogens is 340 g/mol. The standard InChI is InChI=1S/C27H28O/c1-4-5-6-11-21-15-16-23-18-22-12-7-8-13-24(22)27(25(23)17-21)28-26-14-9-10-19(2)20(26)3/h7-10,12-18H,4-6,11H2,1-3H3. The van der Waals surface area contributed by atoms with Crippen LogP contribution in [0.4, 0.5) is 0 Å². The Morgan fingerprint density at radius 2 is 1.57 bits per heavy atom. The SMILES string of the molecule is CCCCCc1ccc2cc3ccccc3c(Oc3cccc(C)c3C)c2c1. The van der Waals surface area contributed by atoms with Crippen molar-refractivity contribution >= 4 is 21.5 Å². The summed E-state index contributed by atoms with van der Waals surface area (Å²) in [6.45, 7) is 6.52. The van der Waals surface area contributed by atoms with Crippen molar-refractivity contribution < 1.29 is 4.74 Å². The van der Waals surface area contributed by atoms with Crippen molar-refractivity contribution in [1.29, 1.82) is 0 Å². The molecule has 0 aliphatic heterocycles. The summed E-state index contributed by atoms with van der Waals surface area (Å²) in [4.78, 5) is 0. The van der Waals surface area contributed by atoms with Crippen molar-refractivity contribution in [3.05, 3.63) is 83.4 Å². The normalized spacial score (nSPS) is 11.2. The van der Waals surface area contributed by atoms with Gasteiger partial charge in [-0.1, -0.05) is 68.3 Å². The fraction of sp³-hybridized carbons (Fsp3) is 0.259. The van der Waals surface area contributed by atoms with Gasteiger partial charge in [0.05, 0.1) is 0 Å². The maximum Gasteiger partial charge on any atom is 0.143 e. The van der Waals surface area contributed by atoms with Crippen LogP contribution in [0.5, 0.6) is 11.5 Å². The lowest BCUT2D eigenvalue weighted by Gasteiger charge is -2.16. The molecule has 0 N–H and O–H groups in total. The van der Waals surface area contributed by atoms with Crippen molar-refractivity contribution in [2.24, 2.45) is 0 Å². The molecule has 1 heteroatoms. The Bertz CT molecular complexity index is 1120. The second kappa shape index (κ2) is 8.06. The second-order valence-corrected chi connectivity index (χ2v) is 7.74. The number of fused-ring (bicyclic) bond motifs is 2. The molecule has 142 valence electrons. The lowest BCUT2D eigenvalue weighted by molar-refractivity contribution is 0.489. The fourth-order valence-electron chi connectivity index (χ4n) is 3.86. The smallest absolute Gasteiger partial charge is 0.143 e. The average Bonchev–Trinajstić information content (AvgIpc) is 2.71. The molecule has 0 amide bonds. The Morgan fingerprint density at radius 3 is 2.43 bits per heavy atom. The van der Waals surface area contributed by atoms with Crippen LogP contribution in [0.25, 0.3) is 21.5 Å². The van der Waals surface area contributed by atoms with E-state index in [1.54, 1.807) is 0 Å². The fourth-order valence-corrected chi connectivity index (χ4v) is 3.86. The molecule has 0 unspecified atom stereocenters. The Labute approximate surface area is 168 Å². The van der Waals surface area contributed by atoms with Gasteiger partial charge in [-0.2, -0.15) is 0 Å². The molecule has 4 aromatic carbocycles. The van der Waals surface area contributed by atoms with E-state index >= 15 is 0 Å². The Morgan fingerprint density at radius 1 is 0.750 bits per heavy atom. The first-order chi connectivity index (χ1) is 13.7. The van der Waals surface area contributed by atoms with E-state index in [1.807, 2.05) is 0 Å². The molecule has 0 aromatic heterocycles. The van der Waals surface area contributed by atoms with Crippen LogP contribution in [-0.2, 0) is 6.42 Å². The van der Waals surface area contributed by atoms with Crippen molar-refractivity contribution in [3.8, 4) is 11.5 Å². The van der Waals surface area contributed by atoms with Gasteiger partial charge in [-0.25, -0.2) is 0 Å². The van der Waals surface area contributed by atoms with Crippen LogP contribution in [-0.4, -0.2) is 0 Å². The first kappa shape index (κ1) is 18.6. The van der Waals surface area contributed by atoms with Gasteiger partial charge in [-0.3, -0.25) is 0 Å². The summed E-state index contributed by atoms with van der Waals surface area (Å²) >= 11 is 0. The zero-order valence-corrected chi connectivity index (χ0v) is 17.1. The summed E-state index contributed by atoms with van der Waals surface area (Å²) in [6.07, 6.45) is 4.89. The number of aryl methyl sites for hydroxylation is 2. The van der Waals surface area contributed by atoms with Gasteiger partial charge in [-0.05, 0) is 72.4 Å². The lowest BCUT2D eigenvalue weighted by atomic mass is 9.98. The van der Waals surface area contributed by atoms with Crippen molar-refractivity contribution in [3.63, 3.8) is 0 Å². The molecule has 28 heavy (non-hydrogen) atoms. The number of hydrogen-bond acceptors (Lipinski definition) is 1. The van der Waals surface area contributed by atoms with E-state index in [-0.39, 0.29) is 0 Å². The number of ether oxygens (including phenoxy) is 1. The van der Waals surface area contributed by atoms with E-state index in [9.17, 15) is 0 Å². The van der Waals surface area contributed by atoms with Crippen LogP contribution in [0.2, 0.25) is 0 Å². The van der Waals surface area contributed by atoms with Gasteiger partial charge in [0, 0.05) is 10.8 Å². The van der Waals surface area contributed by atoms with E-state index in [2.05, 4.69) is 87.5 Å². The molecule has 4 rings (SSSR count). The van der Waals surface area contributed by atoms with Gasteiger partial charge in [0.25, 0.3) is 0 Å². The highest BCUT2D eigenvalue weighted by molar-refractivity contribution is 6.05. The highest BCUT2D eigenvalue weighted by Gasteiger charge is 2.12. The first-order valence-electron chi connectivity index (χ1n) is 10.4. The summed E-state index contributed by atoms with van der Waals surface area (Å²) in [5.74, 6) is 1.91. The van der Waals surface area contributed by atoms with E-state index in [4.69, 9.17) is 4.74 Å². The number of hydrogen-bond donors (Lipinski definition) is 0. The Hall–Kier alpha value is -2.80. The van der Waals surface area contributed by atoms with Crippen LogP contribution in [0.1, 0.15) is 42.9 Å². The van der Waals surface area contributed by atoms with Crippen LogP contribution >= 0.6 is 0 Å². The summed E-state index contributed by atoms with van der Waals surface area (Å²) in [5.41, 5.74) is 3.84. The number of unbranched alkanes of at least 4 members (excludes halogenated alkanes) is 2. The largest absolute Gasteiger partial charge is 0.456 e. The molecular formula is C27H28O. The quantitative estimate of drug-likeness (QED) is 0.246. The topological polar surface area (TPSA) is 9.23 Å². The highest BCUT2D eigenvalue weighted by Crippen LogP contribution is 2.39. The third-order valence-electron chi connectivity index (χ3n) is 5.71. The van der Waals surface area contributed by atoms with E-state index in [1.165, 1.54) is 57.5 Å². The van der Waals surface area contributed by atoms with Crippen molar-refractivity contribution in [2.45, 2.75) is 46.5 Å². The molecule has 0 heterocycles. The number of rotatable bonds is 6. The molecule has 0 atom stereocenters. The van der Waals surface area contributed by atoms with Crippen LogP contribution < -0.4 is 4.74 Å². The molecule has 0 bridgehead atoms. The Balaban J connectivity index is 1.88. The van der Waals surface area contributed by atoms with Gasteiger partial charge in [0.15, 0.2) is 0 Å². The van der Waals surface area contributed by atoms with Crippen molar-refractivity contribution in [2.75, 3.05) is 0 Å². The van der Waals surface area contributed by atoms with E-state index < -0.39 is 0 Å². The van der Waals surface area contributed by atoms with Crippen molar-refractivity contribution in [1.82, 2.24) is 0 Å². The van der Waals surface area contributed by atoms with Gasteiger partial charge in [-0.15, -0.1) is 0 Å². The van der Waals surface area contributed by atoms with Crippen LogP contribution in [0.3, 0.4) is 0 Å². The van der Waals surface area contributed by atoms with Gasteiger partial charge in [0.1, 0.15) is 11.5 Å². The maximum atomic E-state index is 6.60. The summed E-state index contributed by atoms with van der Waals surface area (Å²) in [6, 6.07) is 23.9. The molecule has 1 nitrogen and oxygen atoms in total. The van der Waals surface area contributed by atoms with Crippen LogP contribution in [0, 0.1) is 13.8 Å². The third kappa shape index (κ3) is 3.62. The molecule has 4 aromatic rings. The maximum absolute atomic E-state index is 6.60. The monoisotopic (exact) mass is 368 g/mol. The molecule has 0 saturated heterocycles. The van der Waals surface area contributed by atoms with Gasteiger partial charge < -0.3 is 4.74 Å². The molecule has 0 spiro atoms. The summed E-state index contributed by atoms with van der Waals surface area (Å²) in [7, 11) is 0. The summed E-state index contributed by atoms with van der Waals surface area (Å²) in [5, 5.41) is 4.82. The highest BCUT2D eigenvalue weighted by atomic mass is 16.5. The van der Waals surface area contributed by atoms with E-state index in [0.29, 0.717) is 0 Å². The molecule has 0 aliphatic carbocycles. The third-order valence-corrected chi connectivity index (χ3v) is 5.71. The zero-order valence-electron chi connectivity index (χ0n) is 17.1. The minimum absolute atomic E-state index is 0.939. The predicted octanol–water partition coefficient (Wildman–Crippen LogP) is 8.13. The minimum Gasteiger partial charge on any atom is -0.456 e. The second-order valence-electron chi connectivity index (χ2n) is 7.74. The zero-order chi connectivity index (χ0) is 19.5. The van der Waals surface area contributed by atoms with Gasteiger partial charge in [0.2, 0.25) is 0 Å². The molecule has 0 fully saturated rings. The molecule has 0 saturated carbocycles. The Kier molecular flexibility index (Phi) is 5.34.